The van der Waals surface area contributed by atoms with Gasteiger partial charge in [-0.25, -0.2) is 0 Å². The minimum Gasteiger partial charge on any atom is -0.391 e. The quantitative estimate of drug-likeness (QED) is 0.634. The summed E-state index contributed by atoms with van der Waals surface area (Å²) < 4.78 is 5.58. The van der Waals surface area contributed by atoms with Gasteiger partial charge < -0.3 is 15.2 Å². The number of hydrogen-bond donors (Lipinski definition) is 2. The van der Waals surface area contributed by atoms with Gasteiger partial charge in [-0.2, -0.15) is 0 Å². The van der Waals surface area contributed by atoms with Crippen LogP contribution in [0.2, 0.25) is 0 Å². The second kappa shape index (κ2) is 4.91. The molecular weight excluding hydrogens is 168 g/mol. The van der Waals surface area contributed by atoms with Crippen molar-refractivity contribution in [3.05, 3.63) is 0 Å². The summed E-state index contributed by atoms with van der Waals surface area (Å²) in [7, 11) is 3.93. The molecule has 0 aromatic carbocycles. The number of nitrogens with zero attached hydrogens (tertiary/aromatic N) is 1. The molecule has 0 spiro atoms. The predicted molar refractivity (Wildman–Crippen MR) is 51.5 cm³/mol. The average Bonchev–Trinajstić information content (AvgIpc) is 2.16. The van der Waals surface area contributed by atoms with Crippen molar-refractivity contribution in [3.8, 4) is 0 Å². The summed E-state index contributed by atoms with van der Waals surface area (Å²) in [4.78, 5) is 2.00. The molecule has 4 heteroatoms. The van der Waals surface area contributed by atoms with Crippen molar-refractivity contribution in [3.63, 3.8) is 0 Å². The maximum atomic E-state index is 9.73. The Hall–Kier alpha value is -0.160. The average molecular weight is 188 g/mol. The molecule has 0 aromatic rings. The Balaban J connectivity index is 2.56. The third kappa shape index (κ3) is 2.64. The van der Waals surface area contributed by atoms with Crippen molar-refractivity contribution in [2.75, 3.05) is 27.2 Å². The highest BCUT2D eigenvalue weighted by atomic mass is 16.5. The molecule has 1 heterocycles. The fraction of sp³-hybridized carbons (Fsp3) is 1.00. The zero-order valence-corrected chi connectivity index (χ0v) is 8.66. The van der Waals surface area contributed by atoms with Crippen molar-refractivity contribution in [2.45, 2.75) is 31.7 Å². The normalized spacial score (nSPS) is 32.1. The molecule has 13 heavy (non-hydrogen) atoms. The van der Waals surface area contributed by atoms with Crippen molar-refractivity contribution in [2.24, 2.45) is 0 Å². The van der Waals surface area contributed by atoms with Crippen LogP contribution in [0, 0.1) is 0 Å². The Labute approximate surface area is 79.9 Å². The van der Waals surface area contributed by atoms with Gasteiger partial charge in [-0.3, -0.25) is 4.90 Å². The maximum Gasteiger partial charge on any atom is 0.128 e. The third-order valence-electron chi connectivity index (χ3n) is 2.42. The fourth-order valence-electron chi connectivity index (χ4n) is 1.66. The second-order valence-electron chi connectivity index (χ2n) is 3.68. The van der Waals surface area contributed by atoms with Gasteiger partial charge in [0.05, 0.1) is 18.8 Å². The molecule has 1 aliphatic heterocycles. The van der Waals surface area contributed by atoms with Gasteiger partial charge >= 0.3 is 0 Å². The summed E-state index contributed by atoms with van der Waals surface area (Å²) in [6, 6.07) is 0.0359. The molecule has 0 aromatic heterocycles. The van der Waals surface area contributed by atoms with Crippen LogP contribution in [0.3, 0.4) is 0 Å². The monoisotopic (exact) mass is 188 g/mol. The van der Waals surface area contributed by atoms with E-state index in [4.69, 9.17) is 4.74 Å². The molecule has 1 saturated heterocycles. The van der Waals surface area contributed by atoms with E-state index in [0.29, 0.717) is 0 Å². The lowest BCUT2D eigenvalue weighted by Gasteiger charge is -2.38. The Morgan fingerprint density at radius 2 is 2.31 bits per heavy atom. The van der Waals surface area contributed by atoms with E-state index in [1.807, 2.05) is 25.9 Å². The van der Waals surface area contributed by atoms with Crippen LogP contribution in [0.15, 0.2) is 0 Å². The molecule has 0 radical (unpaired) electrons. The largest absolute Gasteiger partial charge is 0.391 e. The van der Waals surface area contributed by atoms with E-state index in [0.717, 1.165) is 19.6 Å². The molecule has 0 amide bonds. The lowest BCUT2D eigenvalue weighted by atomic mass is 10.1. The van der Waals surface area contributed by atoms with Crippen molar-refractivity contribution in [1.82, 2.24) is 10.2 Å². The number of nitrogens with one attached hydrogen (secondary N) is 1. The highest BCUT2D eigenvalue weighted by Crippen LogP contribution is 2.12. The minimum absolute atomic E-state index is 0.0105. The van der Waals surface area contributed by atoms with Gasteiger partial charge in [-0.15, -0.1) is 0 Å². The molecular formula is C9H20N2O2. The fourth-order valence-corrected chi connectivity index (χ4v) is 1.66. The molecule has 0 saturated carbocycles. The summed E-state index contributed by atoms with van der Waals surface area (Å²) in [5.41, 5.74) is 0. The zero-order valence-electron chi connectivity index (χ0n) is 8.66. The van der Waals surface area contributed by atoms with Crippen LogP contribution in [0.1, 0.15) is 13.3 Å². The Morgan fingerprint density at radius 1 is 1.62 bits per heavy atom. The Kier molecular flexibility index (Phi) is 4.12. The number of morpholine rings is 1. The van der Waals surface area contributed by atoms with E-state index in [1.54, 1.807) is 0 Å². The first-order valence-corrected chi connectivity index (χ1v) is 4.86. The SMILES string of the molecule is CCC(O)C1NCCOC1N(C)C. The molecule has 78 valence electrons. The van der Waals surface area contributed by atoms with Gasteiger partial charge in [0.2, 0.25) is 0 Å². The molecule has 2 N–H and O–H groups in total. The van der Waals surface area contributed by atoms with Crippen LogP contribution >= 0.6 is 0 Å². The van der Waals surface area contributed by atoms with Crippen LogP contribution in [0.5, 0.6) is 0 Å². The van der Waals surface area contributed by atoms with E-state index in [-0.39, 0.29) is 18.4 Å². The van der Waals surface area contributed by atoms with Gasteiger partial charge in [-0.05, 0) is 20.5 Å². The molecule has 3 unspecified atom stereocenters. The lowest BCUT2D eigenvalue weighted by Crippen LogP contribution is -2.59. The lowest BCUT2D eigenvalue weighted by molar-refractivity contribution is -0.109. The first-order valence-electron chi connectivity index (χ1n) is 4.86. The highest BCUT2D eigenvalue weighted by Gasteiger charge is 2.31. The molecule has 3 atom stereocenters. The summed E-state index contributed by atoms with van der Waals surface area (Å²) >= 11 is 0. The molecule has 0 bridgehead atoms. The predicted octanol–water partition coefficient (Wildman–Crippen LogP) is -0.367. The number of aliphatic hydroxyl groups is 1. The zero-order chi connectivity index (χ0) is 9.84. The third-order valence-corrected chi connectivity index (χ3v) is 2.42. The van der Waals surface area contributed by atoms with Crippen LogP contribution in [-0.2, 0) is 4.74 Å². The van der Waals surface area contributed by atoms with Crippen LogP contribution < -0.4 is 5.32 Å². The molecule has 1 rings (SSSR count). The van der Waals surface area contributed by atoms with Gasteiger partial charge in [0.1, 0.15) is 6.23 Å². The van der Waals surface area contributed by atoms with Gasteiger partial charge in [0.15, 0.2) is 0 Å². The summed E-state index contributed by atoms with van der Waals surface area (Å²) in [6.45, 7) is 3.52. The molecule has 1 aliphatic rings. The molecule has 0 aliphatic carbocycles. The van der Waals surface area contributed by atoms with E-state index in [2.05, 4.69) is 5.32 Å². The number of rotatable bonds is 3. The standard InChI is InChI=1S/C9H20N2O2/c1-4-7(12)8-9(11(2)3)13-6-5-10-8/h7-10,12H,4-6H2,1-3H3. The second-order valence-corrected chi connectivity index (χ2v) is 3.68. The topological polar surface area (TPSA) is 44.7 Å². The van der Waals surface area contributed by atoms with Gasteiger partial charge in [0.25, 0.3) is 0 Å². The molecule has 1 fully saturated rings. The van der Waals surface area contributed by atoms with E-state index >= 15 is 0 Å². The number of ether oxygens (including phenoxy) is 1. The van der Waals surface area contributed by atoms with Crippen LogP contribution in [0.25, 0.3) is 0 Å². The summed E-state index contributed by atoms with van der Waals surface area (Å²) in [5.74, 6) is 0. The van der Waals surface area contributed by atoms with E-state index in [9.17, 15) is 5.11 Å². The van der Waals surface area contributed by atoms with Crippen LogP contribution in [-0.4, -0.2) is 55.6 Å². The number of hydrogen-bond acceptors (Lipinski definition) is 4. The maximum absolute atomic E-state index is 9.73. The molecule has 4 nitrogen and oxygen atoms in total. The number of aliphatic hydroxyl groups excluding tert-OH is 1. The van der Waals surface area contributed by atoms with E-state index in [1.165, 1.54) is 0 Å². The van der Waals surface area contributed by atoms with Gasteiger partial charge in [-0.1, -0.05) is 6.92 Å². The highest BCUT2D eigenvalue weighted by molar-refractivity contribution is 4.84. The first-order chi connectivity index (χ1) is 6.16. The first kappa shape index (κ1) is 10.9. The smallest absolute Gasteiger partial charge is 0.128 e. The van der Waals surface area contributed by atoms with E-state index < -0.39 is 0 Å². The summed E-state index contributed by atoms with van der Waals surface area (Å²) in [5, 5.41) is 13.0. The minimum atomic E-state index is -0.326. The van der Waals surface area contributed by atoms with Crippen LogP contribution in [0.4, 0.5) is 0 Å². The summed E-state index contributed by atoms with van der Waals surface area (Å²) in [6.07, 6.45) is 0.419. The van der Waals surface area contributed by atoms with Crippen molar-refractivity contribution < 1.29 is 9.84 Å². The van der Waals surface area contributed by atoms with Crippen molar-refractivity contribution in [1.29, 1.82) is 0 Å². The van der Waals surface area contributed by atoms with Gasteiger partial charge in [0, 0.05) is 6.54 Å². The Bertz CT molecular complexity index is 153. The Morgan fingerprint density at radius 3 is 2.85 bits per heavy atom. The number of likely N-dealkylation sites (N-methyl/N-ethyl adjacent to an activating group) is 1. The van der Waals surface area contributed by atoms with Crippen molar-refractivity contribution >= 4 is 0 Å².